The van der Waals surface area contributed by atoms with Gasteiger partial charge in [-0.15, -0.1) is 31.6 Å². The second kappa shape index (κ2) is 18.9. The van der Waals surface area contributed by atoms with Crippen molar-refractivity contribution in [2.75, 3.05) is 6.61 Å². The molecule has 1 aromatic carbocycles. The van der Waals surface area contributed by atoms with E-state index in [4.69, 9.17) is 5.11 Å². The molecule has 0 heterocycles. The maximum atomic E-state index is 8.93. The molecule has 0 N–H and O–H groups in total. The van der Waals surface area contributed by atoms with Crippen molar-refractivity contribution in [1.82, 2.24) is 0 Å². The van der Waals surface area contributed by atoms with E-state index in [1.165, 1.54) is 0 Å². The summed E-state index contributed by atoms with van der Waals surface area (Å²) in [7, 11) is 0. The van der Waals surface area contributed by atoms with E-state index >= 15 is 0 Å². The molecule has 0 bridgehead atoms. The molecule has 0 spiro atoms. The van der Waals surface area contributed by atoms with E-state index in [0.29, 0.717) is 0 Å². The van der Waals surface area contributed by atoms with Gasteiger partial charge in [0, 0.05) is 0 Å². The first-order valence-corrected chi connectivity index (χ1v) is 6.69. The molecule has 0 saturated carbocycles. The Morgan fingerprint density at radius 2 is 1.43 bits per heavy atom. The molecule has 0 aliphatic heterocycles. The minimum absolute atomic E-state index is 0. The van der Waals surface area contributed by atoms with E-state index in [1.54, 1.807) is 6.92 Å². The molecule has 0 fully saturated rings. The predicted octanol–water partition coefficient (Wildman–Crippen LogP) is 3.84. The zero-order valence-electron chi connectivity index (χ0n) is 12.6. The first-order valence-electron chi connectivity index (χ1n) is 6.69. The van der Waals surface area contributed by atoms with Gasteiger partial charge in [-0.1, -0.05) is 13.0 Å². The van der Waals surface area contributed by atoms with Crippen LogP contribution in [0.15, 0.2) is 66.8 Å². The van der Waals surface area contributed by atoms with Gasteiger partial charge in [0.05, 0.1) is 0 Å². The molecular weight excluding hydrogens is 335 g/mol. The Labute approximate surface area is 148 Å². The standard InChI is InChI=1S/C7H7.2C5H5.C2H5O.Zr/c1-7-5-3-2-4-6-7;2*1-2-4-5-3-1;1-2-3;/h2-6H,1H2;2*1-3H,4H2;2H2,1H3;/q4*-1;+4. The van der Waals surface area contributed by atoms with Crippen LogP contribution in [0.2, 0.25) is 0 Å². The zero-order valence-corrected chi connectivity index (χ0v) is 15.0. The average Bonchev–Trinajstić information content (AvgIpc) is 3.20. The molecule has 1 aromatic rings. The molecule has 108 valence electrons. The number of allylic oxidation sites excluding steroid dienone is 8. The van der Waals surface area contributed by atoms with Gasteiger partial charge in [-0.25, -0.2) is 24.3 Å². The fraction of sp³-hybridized carbons (Fsp3) is 0.211. The molecule has 0 saturated heterocycles. The van der Waals surface area contributed by atoms with Gasteiger partial charge < -0.3 is 5.11 Å². The van der Waals surface area contributed by atoms with Gasteiger partial charge in [-0.05, 0) is 0 Å². The third kappa shape index (κ3) is 18.9. The summed E-state index contributed by atoms with van der Waals surface area (Å²) in [5.74, 6) is 0. The molecule has 2 aliphatic carbocycles. The summed E-state index contributed by atoms with van der Waals surface area (Å²) in [5, 5.41) is 8.93. The van der Waals surface area contributed by atoms with Gasteiger partial charge in [-0.2, -0.15) is 36.8 Å². The maximum absolute atomic E-state index is 8.93. The molecule has 0 unspecified atom stereocenters. The number of hydrogen-bond acceptors (Lipinski definition) is 1. The predicted molar refractivity (Wildman–Crippen MR) is 84.6 cm³/mol. The van der Waals surface area contributed by atoms with Crippen LogP contribution in [-0.4, -0.2) is 6.61 Å². The molecule has 2 aliphatic rings. The van der Waals surface area contributed by atoms with E-state index < -0.39 is 0 Å². The van der Waals surface area contributed by atoms with E-state index in [2.05, 4.69) is 31.2 Å². The Balaban J connectivity index is 0. The Morgan fingerprint density at radius 3 is 1.57 bits per heavy atom. The van der Waals surface area contributed by atoms with Crippen molar-refractivity contribution in [2.45, 2.75) is 19.8 Å². The molecule has 2 heteroatoms. The van der Waals surface area contributed by atoms with E-state index in [1.807, 2.05) is 54.6 Å². The summed E-state index contributed by atoms with van der Waals surface area (Å²) in [6.07, 6.45) is 20.0. The van der Waals surface area contributed by atoms with Crippen LogP contribution in [-0.2, 0) is 26.2 Å². The second-order valence-electron chi connectivity index (χ2n) is 3.78. The van der Waals surface area contributed by atoms with Gasteiger partial charge in [0.1, 0.15) is 0 Å². The summed E-state index contributed by atoms with van der Waals surface area (Å²) >= 11 is 0. The molecule has 3 rings (SSSR count). The van der Waals surface area contributed by atoms with Crippen LogP contribution < -0.4 is 5.11 Å². The first kappa shape index (κ1) is 22.2. The third-order valence-electron chi connectivity index (χ3n) is 2.01. The van der Waals surface area contributed by atoms with Crippen molar-refractivity contribution in [3.63, 3.8) is 0 Å². The molecule has 21 heavy (non-hydrogen) atoms. The molecule has 1 nitrogen and oxygen atoms in total. The van der Waals surface area contributed by atoms with Crippen LogP contribution >= 0.6 is 0 Å². The van der Waals surface area contributed by atoms with Crippen LogP contribution in [0.25, 0.3) is 0 Å². The number of hydrogen-bond donors (Lipinski definition) is 0. The summed E-state index contributed by atoms with van der Waals surface area (Å²) in [4.78, 5) is 0. The van der Waals surface area contributed by atoms with E-state index in [0.717, 1.165) is 18.4 Å². The SMILES string of the molecule is CC[O-].[C-]1=CC=CC1.[C-]1=CC=CC1.[CH2-]c1ccccc1.[Zr+4]. The van der Waals surface area contributed by atoms with Crippen molar-refractivity contribution in [2.24, 2.45) is 0 Å². The largest absolute Gasteiger partial charge is 4.00 e. The van der Waals surface area contributed by atoms with Crippen molar-refractivity contribution in [1.29, 1.82) is 0 Å². The summed E-state index contributed by atoms with van der Waals surface area (Å²) < 4.78 is 0. The third-order valence-corrected chi connectivity index (χ3v) is 2.01. The average molecular weight is 358 g/mol. The minimum Gasteiger partial charge on any atom is -0.855 e. The molecular formula is C19H22OZr. The molecule has 0 atom stereocenters. The summed E-state index contributed by atoms with van der Waals surface area (Å²) in [6, 6.07) is 9.87. The monoisotopic (exact) mass is 356 g/mol. The van der Waals surface area contributed by atoms with Gasteiger partial charge in [0.25, 0.3) is 0 Å². The topological polar surface area (TPSA) is 23.1 Å². The van der Waals surface area contributed by atoms with Crippen LogP contribution in [0.3, 0.4) is 0 Å². The van der Waals surface area contributed by atoms with Crippen LogP contribution in [0, 0.1) is 19.1 Å². The van der Waals surface area contributed by atoms with Gasteiger partial charge in [0.15, 0.2) is 0 Å². The summed E-state index contributed by atoms with van der Waals surface area (Å²) in [6.45, 7) is 5.29. The van der Waals surface area contributed by atoms with Gasteiger partial charge in [0.2, 0.25) is 0 Å². The van der Waals surface area contributed by atoms with Crippen LogP contribution in [0.5, 0.6) is 0 Å². The normalized spacial score (nSPS) is 12.1. The van der Waals surface area contributed by atoms with Crippen molar-refractivity contribution in [3.05, 3.63) is 91.4 Å². The smallest absolute Gasteiger partial charge is 0.855 e. The number of rotatable bonds is 0. The van der Waals surface area contributed by atoms with E-state index in [-0.39, 0.29) is 32.8 Å². The maximum Gasteiger partial charge on any atom is 4.00 e. The first-order chi connectivity index (χ1) is 9.81. The molecule has 0 aromatic heterocycles. The minimum atomic E-state index is 0. The Kier molecular flexibility index (Phi) is 20.0. The van der Waals surface area contributed by atoms with Crippen LogP contribution in [0.4, 0.5) is 0 Å². The number of benzene rings is 1. The van der Waals surface area contributed by atoms with Crippen LogP contribution in [0.1, 0.15) is 25.3 Å². The quantitative estimate of drug-likeness (QED) is 0.647. The Hall–Kier alpha value is -1.11. The van der Waals surface area contributed by atoms with Crippen molar-refractivity contribution >= 4 is 0 Å². The Bertz CT molecular complexity index is 374. The molecule has 0 radical (unpaired) electrons. The second-order valence-corrected chi connectivity index (χ2v) is 3.78. The van der Waals surface area contributed by atoms with Crippen molar-refractivity contribution in [3.8, 4) is 0 Å². The summed E-state index contributed by atoms with van der Waals surface area (Å²) in [5.41, 5.74) is 1.07. The Morgan fingerprint density at radius 1 is 1.00 bits per heavy atom. The fourth-order valence-corrected chi connectivity index (χ4v) is 1.16. The van der Waals surface area contributed by atoms with E-state index in [9.17, 15) is 0 Å². The van der Waals surface area contributed by atoms with Gasteiger partial charge in [-0.3, -0.25) is 12.2 Å². The molecule has 0 amide bonds. The zero-order chi connectivity index (χ0) is 14.9. The fourth-order valence-electron chi connectivity index (χ4n) is 1.16. The van der Waals surface area contributed by atoms with Gasteiger partial charge >= 0.3 is 26.2 Å². The van der Waals surface area contributed by atoms with Crippen molar-refractivity contribution < 1.29 is 31.3 Å².